The fraction of sp³-hybridized carbons (Fsp3) is 0.667. The lowest BCUT2D eigenvalue weighted by molar-refractivity contribution is -0.143. The molecule has 0 saturated heterocycles. The van der Waals surface area contributed by atoms with Crippen LogP contribution in [0.4, 0.5) is 0 Å². The number of thioether (sulfide) groups is 2. The minimum atomic E-state index is -0.768. The average molecular weight is 287 g/mol. The number of hydrogen-bond donors (Lipinski definition) is 0. The molecule has 1 rings (SSSR count). The summed E-state index contributed by atoms with van der Waals surface area (Å²) in [6.07, 6.45) is 4.10. The average Bonchev–Trinajstić information content (AvgIpc) is 2.38. The Kier molecular flexibility index (Phi) is 5.89. The standard InChI is InChI=1S/C12H17NO3S2/c1-4-15-9-6-10(8-13)18-12(7-9,17-3)11(14)16-5-2/h6,10H,4-5,7H2,1-3H3. The monoisotopic (exact) mass is 287 g/mol. The number of allylic oxidation sites excluding steroid dienone is 1. The molecule has 0 aromatic rings. The molecule has 4 nitrogen and oxygen atoms in total. The summed E-state index contributed by atoms with van der Waals surface area (Å²) in [4.78, 5) is 12.1. The summed E-state index contributed by atoms with van der Waals surface area (Å²) in [7, 11) is 0. The molecule has 0 aromatic carbocycles. The van der Waals surface area contributed by atoms with Gasteiger partial charge in [-0.05, 0) is 26.2 Å². The van der Waals surface area contributed by atoms with E-state index in [9.17, 15) is 4.79 Å². The third kappa shape index (κ3) is 3.36. The minimum absolute atomic E-state index is 0.284. The zero-order chi connectivity index (χ0) is 13.6. The molecule has 2 unspecified atom stereocenters. The van der Waals surface area contributed by atoms with E-state index in [1.165, 1.54) is 23.5 Å². The fourth-order valence-corrected chi connectivity index (χ4v) is 3.92. The highest BCUT2D eigenvalue weighted by atomic mass is 32.2. The Morgan fingerprint density at radius 3 is 2.89 bits per heavy atom. The molecule has 0 amide bonds. The lowest BCUT2D eigenvalue weighted by Crippen LogP contribution is -2.38. The van der Waals surface area contributed by atoms with E-state index in [2.05, 4.69) is 6.07 Å². The van der Waals surface area contributed by atoms with Crippen molar-refractivity contribution in [1.29, 1.82) is 5.26 Å². The summed E-state index contributed by atoms with van der Waals surface area (Å²) < 4.78 is 9.83. The van der Waals surface area contributed by atoms with Gasteiger partial charge in [0.05, 0.1) is 25.0 Å². The summed E-state index contributed by atoms with van der Waals surface area (Å²) in [5, 5.41) is 8.71. The number of nitrogens with zero attached hydrogens (tertiary/aromatic N) is 1. The molecule has 1 aliphatic rings. The summed E-state index contributed by atoms with van der Waals surface area (Å²) in [6.45, 7) is 4.53. The summed E-state index contributed by atoms with van der Waals surface area (Å²) >= 11 is 2.73. The number of carbonyl (C=O) groups is 1. The first kappa shape index (κ1) is 15.3. The molecule has 0 aliphatic carbocycles. The SMILES string of the molecule is CCOC(=O)C1(SC)CC(OCC)=CC(C#N)S1. The van der Waals surface area contributed by atoms with Crippen LogP contribution in [-0.4, -0.2) is 34.8 Å². The molecule has 0 radical (unpaired) electrons. The normalized spacial score (nSPS) is 27.0. The Morgan fingerprint density at radius 1 is 1.67 bits per heavy atom. The smallest absolute Gasteiger partial charge is 0.333 e. The molecule has 0 aromatic heterocycles. The van der Waals surface area contributed by atoms with Crippen LogP contribution in [0.1, 0.15) is 20.3 Å². The van der Waals surface area contributed by atoms with Gasteiger partial charge in [0.1, 0.15) is 5.25 Å². The van der Waals surface area contributed by atoms with E-state index in [1.54, 1.807) is 13.0 Å². The van der Waals surface area contributed by atoms with Gasteiger partial charge in [0.2, 0.25) is 0 Å². The Bertz CT molecular complexity index is 378. The maximum Gasteiger partial charge on any atom is 0.333 e. The van der Waals surface area contributed by atoms with Crippen molar-refractivity contribution in [2.75, 3.05) is 19.5 Å². The van der Waals surface area contributed by atoms with Crippen molar-refractivity contribution >= 4 is 29.5 Å². The van der Waals surface area contributed by atoms with E-state index < -0.39 is 4.08 Å². The van der Waals surface area contributed by atoms with Crippen molar-refractivity contribution in [3.05, 3.63) is 11.8 Å². The highest BCUT2D eigenvalue weighted by Gasteiger charge is 2.46. The summed E-state index contributed by atoms with van der Waals surface area (Å²) in [5.41, 5.74) is 0. The third-order valence-electron chi connectivity index (χ3n) is 2.43. The molecule has 1 aliphatic heterocycles. The van der Waals surface area contributed by atoms with Crippen molar-refractivity contribution in [3.63, 3.8) is 0 Å². The molecule has 1 heterocycles. The molecule has 0 spiro atoms. The molecule has 0 N–H and O–H groups in total. The predicted octanol–water partition coefficient (Wildman–Crippen LogP) is 2.56. The van der Waals surface area contributed by atoms with Crippen molar-refractivity contribution in [1.82, 2.24) is 0 Å². The second-order valence-corrected chi connectivity index (χ2v) is 6.39. The van der Waals surface area contributed by atoms with Gasteiger partial charge in [-0.2, -0.15) is 5.26 Å². The van der Waals surface area contributed by atoms with Crippen LogP contribution < -0.4 is 0 Å². The number of ether oxygens (including phenoxy) is 2. The number of nitriles is 1. The molecule has 0 fully saturated rings. The van der Waals surface area contributed by atoms with Gasteiger partial charge in [0, 0.05) is 6.42 Å². The Labute approximate surface area is 116 Å². The molecule has 0 saturated carbocycles. The summed E-state index contributed by atoms with van der Waals surface area (Å²) in [5.74, 6) is 0.415. The van der Waals surface area contributed by atoms with Crippen LogP contribution in [0.3, 0.4) is 0 Å². The second kappa shape index (κ2) is 6.95. The lowest BCUT2D eigenvalue weighted by atomic mass is 10.2. The highest BCUT2D eigenvalue weighted by Crippen LogP contribution is 2.48. The van der Waals surface area contributed by atoms with Gasteiger partial charge in [-0.3, -0.25) is 0 Å². The van der Waals surface area contributed by atoms with Crippen LogP contribution in [-0.2, 0) is 14.3 Å². The van der Waals surface area contributed by atoms with Crippen molar-refractivity contribution in [2.45, 2.75) is 29.6 Å². The second-order valence-electron chi connectivity index (χ2n) is 3.59. The van der Waals surface area contributed by atoms with Crippen LogP contribution in [0.15, 0.2) is 11.8 Å². The maximum atomic E-state index is 12.1. The zero-order valence-electron chi connectivity index (χ0n) is 10.8. The minimum Gasteiger partial charge on any atom is -0.498 e. The Morgan fingerprint density at radius 2 is 2.39 bits per heavy atom. The van der Waals surface area contributed by atoms with Crippen molar-refractivity contribution in [3.8, 4) is 6.07 Å². The van der Waals surface area contributed by atoms with Crippen LogP contribution in [0.25, 0.3) is 0 Å². The van der Waals surface area contributed by atoms with Gasteiger partial charge < -0.3 is 9.47 Å². The zero-order valence-corrected chi connectivity index (χ0v) is 12.4. The lowest BCUT2D eigenvalue weighted by Gasteiger charge is -2.34. The van der Waals surface area contributed by atoms with Crippen LogP contribution in [0.2, 0.25) is 0 Å². The van der Waals surface area contributed by atoms with E-state index in [0.29, 0.717) is 25.4 Å². The van der Waals surface area contributed by atoms with Crippen LogP contribution in [0.5, 0.6) is 0 Å². The molecule has 0 bridgehead atoms. The number of carbonyl (C=O) groups excluding carboxylic acids is 1. The maximum absolute atomic E-state index is 12.1. The van der Waals surface area contributed by atoms with E-state index in [0.717, 1.165) is 0 Å². The first-order chi connectivity index (χ1) is 8.61. The van der Waals surface area contributed by atoms with Gasteiger partial charge >= 0.3 is 5.97 Å². The molecular formula is C12H17NO3S2. The Hall–Kier alpha value is -0.800. The fourth-order valence-electron chi connectivity index (χ4n) is 1.65. The summed E-state index contributed by atoms with van der Waals surface area (Å²) in [6, 6.07) is 2.16. The molecule has 100 valence electrons. The van der Waals surface area contributed by atoms with Crippen molar-refractivity contribution in [2.24, 2.45) is 0 Å². The number of hydrogen-bond acceptors (Lipinski definition) is 6. The molecule has 18 heavy (non-hydrogen) atoms. The van der Waals surface area contributed by atoms with Gasteiger partial charge in [-0.15, -0.1) is 23.5 Å². The quantitative estimate of drug-likeness (QED) is 0.724. The Balaban J connectivity index is 2.97. The molecular weight excluding hydrogens is 270 g/mol. The van der Waals surface area contributed by atoms with E-state index >= 15 is 0 Å². The van der Waals surface area contributed by atoms with Gasteiger partial charge in [-0.25, -0.2) is 4.79 Å². The number of esters is 1. The molecule has 2 atom stereocenters. The van der Waals surface area contributed by atoms with Gasteiger partial charge in [0.15, 0.2) is 4.08 Å². The number of rotatable bonds is 5. The van der Waals surface area contributed by atoms with Gasteiger partial charge in [0.25, 0.3) is 0 Å². The molecule has 6 heteroatoms. The van der Waals surface area contributed by atoms with Gasteiger partial charge in [-0.1, -0.05) is 0 Å². The third-order valence-corrected chi connectivity index (χ3v) is 5.38. The predicted molar refractivity (Wildman–Crippen MR) is 74.2 cm³/mol. The van der Waals surface area contributed by atoms with E-state index in [4.69, 9.17) is 14.7 Å². The highest BCUT2D eigenvalue weighted by molar-refractivity contribution is 8.19. The van der Waals surface area contributed by atoms with E-state index in [1.807, 2.05) is 13.2 Å². The largest absolute Gasteiger partial charge is 0.498 e. The van der Waals surface area contributed by atoms with Crippen LogP contribution in [0, 0.1) is 11.3 Å². The van der Waals surface area contributed by atoms with Crippen LogP contribution >= 0.6 is 23.5 Å². The first-order valence-corrected chi connectivity index (χ1v) is 7.85. The topological polar surface area (TPSA) is 59.3 Å². The first-order valence-electron chi connectivity index (χ1n) is 5.75. The van der Waals surface area contributed by atoms with E-state index in [-0.39, 0.29) is 11.2 Å². The van der Waals surface area contributed by atoms with Crippen molar-refractivity contribution < 1.29 is 14.3 Å².